The molecule has 2 aromatic carbocycles. The number of amides is 1. The van der Waals surface area contributed by atoms with Gasteiger partial charge in [0.2, 0.25) is 0 Å². The maximum absolute atomic E-state index is 13.1. The van der Waals surface area contributed by atoms with Crippen molar-refractivity contribution in [3.8, 4) is 11.3 Å². The predicted octanol–water partition coefficient (Wildman–Crippen LogP) is 5.13. The predicted molar refractivity (Wildman–Crippen MR) is 129 cm³/mol. The molecular formula is C27H25F3N2O4. The van der Waals surface area contributed by atoms with E-state index in [4.69, 9.17) is 0 Å². The van der Waals surface area contributed by atoms with E-state index in [0.717, 1.165) is 17.7 Å². The summed E-state index contributed by atoms with van der Waals surface area (Å²) >= 11 is 0. The van der Waals surface area contributed by atoms with Gasteiger partial charge in [-0.2, -0.15) is 13.2 Å². The molecule has 3 rings (SSSR count). The Morgan fingerprint density at radius 3 is 2.44 bits per heavy atom. The van der Waals surface area contributed by atoms with Crippen molar-refractivity contribution in [2.24, 2.45) is 0 Å². The van der Waals surface area contributed by atoms with Gasteiger partial charge in [-0.1, -0.05) is 48.5 Å². The van der Waals surface area contributed by atoms with Crippen LogP contribution in [0.15, 0.2) is 60.7 Å². The molecule has 0 fully saturated rings. The van der Waals surface area contributed by atoms with Gasteiger partial charge in [-0.25, -0.2) is 4.79 Å². The number of hydrogen-bond acceptors (Lipinski definition) is 4. The molecule has 0 radical (unpaired) electrons. The lowest BCUT2D eigenvalue weighted by Gasteiger charge is -2.09. The maximum atomic E-state index is 13.1. The Kier molecular flexibility index (Phi) is 8.47. The molecule has 0 bridgehead atoms. The van der Waals surface area contributed by atoms with E-state index >= 15 is 0 Å². The lowest BCUT2D eigenvalue weighted by atomic mass is 10.00. The fraction of sp³-hybridized carbons (Fsp3) is 0.222. The second-order valence-corrected chi connectivity index (χ2v) is 8.02. The molecule has 0 aliphatic heterocycles. The van der Waals surface area contributed by atoms with Crippen LogP contribution in [0.25, 0.3) is 17.3 Å². The first-order valence-electron chi connectivity index (χ1n) is 11.1. The summed E-state index contributed by atoms with van der Waals surface area (Å²) in [4.78, 5) is 40.5. The first kappa shape index (κ1) is 26.5. The van der Waals surface area contributed by atoms with E-state index in [1.807, 2.05) is 30.3 Å². The molecule has 188 valence electrons. The van der Waals surface area contributed by atoms with Gasteiger partial charge in [0.1, 0.15) is 0 Å². The number of esters is 1. The summed E-state index contributed by atoms with van der Waals surface area (Å²) in [6.45, 7) is 1.75. The zero-order valence-corrected chi connectivity index (χ0v) is 19.7. The van der Waals surface area contributed by atoms with Gasteiger partial charge < -0.3 is 15.0 Å². The Balaban J connectivity index is 1.74. The Morgan fingerprint density at radius 2 is 1.78 bits per heavy atom. The zero-order valence-electron chi connectivity index (χ0n) is 19.7. The topological polar surface area (TPSA) is 88.3 Å². The van der Waals surface area contributed by atoms with Crippen molar-refractivity contribution in [2.75, 3.05) is 13.7 Å². The van der Waals surface area contributed by atoms with Gasteiger partial charge in [0.05, 0.1) is 23.9 Å². The molecule has 6 nitrogen and oxygen atoms in total. The van der Waals surface area contributed by atoms with Gasteiger partial charge in [-0.3, -0.25) is 9.59 Å². The van der Waals surface area contributed by atoms with Crippen molar-refractivity contribution in [1.29, 1.82) is 0 Å². The minimum Gasteiger partial charge on any atom is -0.466 e. The Morgan fingerprint density at radius 1 is 1.06 bits per heavy atom. The Hall–Kier alpha value is -4.14. The summed E-state index contributed by atoms with van der Waals surface area (Å²) in [5.41, 5.74) is 2.00. The molecule has 0 aliphatic rings. The number of benzene rings is 2. The van der Waals surface area contributed by atoms with Crippen molar-refractivity contribution >= 4 is 23.7 Å². The van der Waals surface area contributed by atoms with Gasteiger partial charge in [0, 0.05) is 23.9 Å². The third-order valence-electron chi connectivity index (χ3n) is 5.49. The van der Waals surface area contributed by atoms with Crippen LogP contribution in [0.1, 0.15) is 39.2 Å². The fourth-order valence-corrected chi connectivity index (χ4v) is 3.75. The highest BCUT2D eigenvalue weighted by atomic mass is 19.4. The number of halogens is 3. The third kappa shape index (κ3) is 6.50. The number of methoxy groups -OCH3 is 1. The number of H-pyrrole nitrogens is 1. The molecule has 0 aliphatic carbocycles. The second kappa shape index (κ2) is 11.5. The molecule has 0 atom stereocenters. The van der Waals surface area contributed by atoms with Crippen LogP contribution < -0.4 is 5.32 Å². The number of nitrogens with one attached hydrogen (secondary N) is 2. The average molecular weight is 499 g/mol. The number of aromatic amines is 1. The summed E-state index contributed by atoms with van der Waals surface area (Å²) in [7, 11) is 1.23. The number of carbonyl (C=O) groups excluding carboxylic acids is 3. The van der Waals surface area contributed by atoms with Gasteiger partial charge in [0.15, 0.2) is 0 Å². The summed E-state index contributed by atoms with van der Waals surface area (Å²) in [6, 6.07) is 14.1. The van der Waals surface area contributed by atoms with Crippen LogP contribution in [-0.4, -0.2) is 36.3 Å². The lowest BCUT2D eigenvalue weighted by molar-refractivity contribution is -0.137. The van der Waals surface area contributed by atoms with Crippen molar-refractivity contribution in [3.05, 3.63) is 88.6 Å². The molecule has 0 saturated heterocycles. The minimum absolute atomic E-state index is 0.100. The Bertz CT molecular complexity index is 1280. The number of aromatic nitrogens is 1. The van der Waals surface area contributed by atoms with Crippen LogP contribution in [0.4, 0.5) is 13.2 Å². The maximum Gasteiger partial charge on any atom is 0.416 e. The fourth-order valence-electron chi connectivity index (χ4n) is 3.75. The molecule has 0 spiro atoms. The minimum atomic E-state index is -4.43. The number of alkyl halides is 3. The largest absolute Gasteiger partial charge is 0.466 e. The Labute approximate surface area is 206 Å². The lowest BCUT2D eigenvalue weighted by Crippen LogP contribution is -2.32. The van der Waals surface area contributed by atoms with Gasteiger partial charge in [0.25, 0.3) is 11.7 Å². The highest BCUT2D eigenvalue weighted by Gasteiger charge is 2.30. The van der Waals surface area contributed by atoms with Gasteiger partial charge in [-0.05, 0) is 43.0 Å². The van der Waals surface area contributed by atoms with Crippen LogP contribution >= 0.6 is 0 Å². The summed E-state index contributed by atoms with van der Waals surface area (Å²) in [5.74, 6) is -2.27. The summed E-state index contributed by atoms with van der Waals surface area (Å²) in [5, 5.41) is 2.54. The van der Waals surface area contributed by atoms with E-state index in [2.05, 4.69) is 15.0 Å². The smallest absolute Gasteiger partial charge is 0.416 e. The van der Waals surface area contributed by atoms with Crippen molar-refractivity contribution in [3.63, 3.8) is 0 Å². The number of aryl methyl sites for hydroxylation is 2. The monoisotopic (exact) mass is 498 g/mol. The van der Waals surface area contributed by atoms with E-state index in [-0.39, 0.29) is 12.1 Å². The van der Waals surface area contributed by atoms with Crippen molar-refractivity contribution < 1.29 is 32.3 Å². The van der Waals surface area contributed by atoms with Crippen molar-refractivity contribution in [2.45, 2.75) is 25.9 Å². The van der Waals surface area contributed by atoms with Crippen LogP contribution in [0, 0.1) is 6.92 Å². The van der Waals surface area contributed by atoms with E-state index < -0.39 is 29.4 Å². The molecule has 9 heteroatoms. The normalized spacial score (nSPS) is 11.5. The highest BCUT2D eigenvalue weighted by Crippen LogP contribution is 2.31. The van der Waals surface area contributed by atoms with Crippen LogP contribution in [0.5, 0.6) is 0 Å². The number of carbonyl (C=O) groups is 3. The average Bonchev–Trinajstić information content (AvgIpc) is 3.20. The zero-order chi connectivity index (χ0) is 26.3. The van der Waals surface area contributed by atoms with E-state index in [1.54, 1.807) is 13.0 Å². The van der Waals surface area contributed by atoms with Crippen LogP contribution in [0.3, 0.4) is 0 Å². The number of ketones is 1. The SMILES string of the molecule is COC(=O)/C=C/c1c(-c2ccccc2)[nH]c(C)c1C(=O)C(=O)NCCCc1cccc(C(F)(F)F)c1. The molecule has 1 heterocycles. The van der Waals surface area contributed by atoms with Gasteiger partial charge in [-0.15, -0.1) is 0 Å². The molecule has 1 amide bonds. The standard InChI is InChI=1S/C27H25F3N2O4/c1-17-23(21(13-14-22(33)36-2)24(32-17)19-10-4-3-5-11-19)25(34)26(35)31-15-7-9-18-8-6-12-20(16-18)27(28,29)30/h3-6,8,10-14,16,32H,7,9,15H2,1-2H3,(H,31,35)/b14-13+. The number of ether oxygens (including phenoxy) is 1. The number of rotatable bonds is 9. The number of Topliss-reactive ketones (excluding diaryl/α,β-unsaturated/α-hetero) is 1. The van der Waals surface area contributed by atoms with Crippen LogP contribution in [0.2, 0.25) is 0 Å². The van der Waals surface area contributed by atoms with E-state index in [9.17, 15) is 27.6 Å². The molecule has 3 aromatic rings. The molecule has 0 saturated carbocycles. The molecule has 0 unspecified atom stereocenters. The van der Waals surface area contributed by atoms with Crippen LogP contribution in [-0.2, 0) is 26.9 Å². The van der Waals surface area contributed by atoms with E-state index in [1.165, 1.54) is 25.3 Å². The quantitative estimate of drug-likeness (QED) is 0.141. The van der Waals surface area contributed by atoms with Gasteiger partial charge >= 0.3 is 12.1 Å². The third-order valence-corrected chi connectivity index (χ3v) is 5.49. The summed E-state index contributed by atoms with van der Waals surface area (Å²) in [6.07, 6.45) is -1.20. The highest BCUT2D eigenvalue weighted by molar-refractivity contribution is 6.44. The first-order chi connectivity index (χ1) is 17.1. The molecule has 1 aromatic heterocycles. The van der Waals surface area contributed by atoms with Crippen molar-refractivity contribution in [1.82, 2.24) is 10.3 Å². The summed E-state index contributed by atoms with van der Waals surface area (Å²) < 4.78 is 43.3. The number of hydrogen-bond donors (Lipinski definition) is 2. The molecule has 2 N–H and O–H groups in total. The molecule has 36 heavy (non-hydrogen) atoms. The first-order valence-corrected chi connectivity index (χ1v) is 11.1. The second-order valence-electron chi connectivity index (χ2n) is 8.02. The molecular weight excluding hydrogens is 473 g/mol. The van der Waals surface area contributed by atoms with E-state index in [0.29, 0.717) is 35.4 Å².